The van der Waals surface area contributed by atoms with E-state index in [2.05, 4.69) is 25.1 Å². The van der Waals surface area contributed by atoms with Gasteiger partial charge in [0.1, 0.15) is 11.6 Å². The fraction of sp³-hybridized carbons (Fsp3) is 0. The predicted octanol–water partition coefficient (Wildman–Crippen LogP) is 5.68. The van der Waals surface area contributed by atoms with Gasteiger partial charge >= 0.3 is 0 Å². The Labute approximate surface area is 181 Å². The van der Waals surface area contributed by atoms with Crippen LogP contribution in [0.25, 0.3) is 55.6 Å². The van der Waals surface area contributed by atoms with E-state index in [4.69, 9.17) is 0 Å². The SMILES string of the molecule is Oc1cc(F)cc(-c2cccc3[nH]c(-c4[nH]nc5ncc(-c6ccncc6)cc45)cc23)c1. The lowest BCUT2D eigenvalue weighted by molar-refractivity contribution is 0.469. The van der Waals surface area contributed by atoms with Gasteiger partial charge in [-0.2, -0.15) is 5.10 Å². The Balaban J connectivity index is 1.52. The summed E-state index contributed by atoms with van der Waals surface area (Å²) in [5, 5.41) is 19.1. The van der Waals surface area contributed by atoms with E-state index in [9.17, 15) is 9.50 Å². The van der Waals surface area contributed by atoms with E-state index in [1.807, 2.05) is 42.5 Å². The van der Waals surface area contributed by atoms with Gasteiger partial charge in [-0.15, -0.1) is 0 Å². The van der Waals surface area contributed by atoms with Gasteiger partial charge in [0, 0.05) is 46.5 Å². The zero-order valence-electron chi connectivity index (χ0n) is 16.7. The van der Waals surface area contributed by atoms with E-state index in [-0.39, 0.29) is 5.75 Å². The number of aromatic hydroxyl groups is 1. The van der Waals surface area contributed by atoms with Crippen LogP contribution in [0.4, 0.5) is 4.39 Å². The summed E-state index contributed by atoms with van der Waals surface area (Å²) in [6, 6.07) is 17.7. The maximum absolute atomic E-state index is 13.9. The monoisotopic (exact) mass is 421 g/mol. The van der Waals surface area contributed by atoms with Gasteiger partial charge in [0.15, 0.2) is 5.65 Å². The number of aromatic amines is 2. The smallest absolute Gasteiger partial charge is 0.181 e. The van der Waals surface area contributed by atoms with Crippen molar-refractivity contribution in [2.75, 3.05) is 0 Å². The normalized spacial score (nSPS) is 11.4. The van der Waals surface area contributed by atoms with Crippen LogP contribution < -0.4 is 0 Å². The summed E-state index contributed by atoms with van der Waals surface area (Å²) >= 11 is 0. The Hall–Kier alpha value is -4.52. The molecule has 4 aromatic heterocycles. The molecule has 0 radical (unpaired) electrons. The Morgan fingerprint density at radius 2 is 1.72 bits per heavy atom. The molecular weight excluding hydrogens is 405 g/mol. The van der Waals surface area contributed by atoms with Crippen LogP contribution in [-0.4, -0.2) is 30.3 Å². The number of H-pyrrole nitrogens is 2. The minimum Gasteiger partial charge on any atom is -0.508 e. The number of benzene rings is 2. The van der Waals surface area contributed by atoms with Crippen LogP contribution in [0.3, 0.4) is 0 Å². The largest absolute Gasteiger partial charge is 0.508 e. The minimum atomic E-state index is -0.484. The van der Waals surface area contributed by atoms with Crippen molar-refractivity contribution in [2.24, 2.45) is 0 Å². The fourth-order valence-corrected chi connectivity index (χ4v) is 4.08. The first kappa shape index (κ1) is 18.3. The van der Waals surface area contributed by atoms with Gasteiger partial charge in [-0.25, -0.2) is 9.37 Å². The Morgan fingerprint density at radius 3 is 2.56 bits per heavy atom. The van der Waals surface area contributed by atoms with Crippen molar-refractivity contribution >= 4 is 21.9 Å². The van der Waals surface area contributed by atoms with Crippen molar-refractivity contribution in [3.05, 3.63) is 85.1 Å². The molecule has 2 aromatic carbocycles. The van der Waals surface area contributed by atoms with Gasteiger partial charge in [-0.05, 0) is 59.2 Å². The number of hydrogen-bond donors (Lipinski definition) is 3. The molecule has 32 heavy (non-hydrogen) atoms. The van der Waals surface area contributed by atoms with Crippen molar-refractivity contribution in [1.29, 1.82) is 0 Å². The highest BCUT2D eigenvalue weighted by Gasteiger charge is 2.15. The number of fused-ring (bicyclic) bond motifs is 2. The molecular formula is C25H16FN5O. The molecule has 0 saturated heterocycles. The second kappa shape index (κ2) is 7.02. The summed E-state index contributed by atoms with van der Waals surface area (Å²) in [4.78, 5) is 12.0. The Kier molecular flexibility index (Phi) is 4.01. The third-order valence-electron chi connectivity index (χ3n) is 5.55. The number of hydrogen-bond acceptors (Lipinski definition) is 4. The number of phenols is 1. The average Bonchev–Trinajstić information content (AvgIpc) is 3.42. The summed E-state index contributed by atoms with van der Waals surface area (Å²) in [6.45, 7) is 0. The van der Waals surface area contributed by atoms with Crippen molar-refractivity contribution in [3.8, 4) is 39.4 Å². The van der Waals surface area contributed by atoms with Crippen LogP contribution in [0, 0.1) is 5.82 Å². The third-order valence-corrected chi connectivity index (χ3v) is 5.55. The number of nitrogens with zero attached hydrogens (tertiary/aromatic N) is 3. The van der Waals surface area contributed by atoms with Crippen molar-refractivity contribution in [1.82, 2.24) is 25.1 Å². The number of pyridine rings is 2. The first-order chi connectivity index (χ1) is 15.7. The quantitative estimate of drug-likeness (QED) is 0.343. The third kappa shape index (κ3) is 2.99. The average molecular weight is 421 g/mol. The molecule has 3 N–H and O–H groups in total. The summed E-state index contributed by atoms with van der Waals surface area (Å²) in [5.74, 6) is -0.593. The van der Waals surface area contributed by atoms with Gasteiger partial charge in [0.2, 0.25) is 0 Å². The molecule has 0 fully saturated rings. The topological polar surface area (TPSA) is 90.5 Å². The van der Waals surface area contributed by atoms with Gasteiger partial charge < -0.3 is 10.1 Å². The first-order valence-corrected chi connectivity index (χ1v) is 10.0. The number of halogens is 1. The molecule has 0 aliphatic heterocycles. The van der Waals surface area contributed by atoms with Crippen LogP contribution >= 0.6 is 0 Å². The van der Waals surface area contributed by atoms with E-state index in [0.717, 1.165) is 50.4 Å². The molecule has 0 aliphatic carbocycles. The summed E-state index contributed by atoms with van der Waals surface area (Å²) < 4.78 is 13.9. The Bertz CT molecular complexity index is 1580. The van der Waals surface area contributed by atoms with Crippen molar-refractivity contribution < 1.29 is 9.50 Å². The van der Waals surface area contributed by atoms with E-state index in [1.54, 1.807) is 24.7 Å². The lowest BCUT2D eigenvalue weighted by atomic mass is 10.0. The number of nitrogens with one attached hydrogen (secondary N) is 2. The van der Waals surface area contributed by atoms with Crippen molar-refractivity contribution in [2.45, 2.75) is 0 Å². The van der Waals surface area contributed by atoms with Gasteiger partial charge in [0.05, 0.1) is 11.4 Å². The highest BCUT2D eigenvalue weighted by Crippen LogP contribution is 2.35. The highest BCUT2D eigenvalue weighted by molar-refractivity contribution is 6.01. The first-order valence-electron chi connectivity index (χ1n) is 10.0. The molecule has 0 amide bonds. The summed E-state index contributed by atoms with van der Waals surface area (Å²) in [6.07, 6.45) is 5.29. The molecule has 0 atom stereocenters. The van der Waals surface area contributed by atoms with Crippen LogP contribution in [0.2, 0.25) is 0 Å². The molecule has 4 heterocycles. The van der Waals surface area contributed by atoms with E-state index >= 15 is 0 Å². The van der Waals surface area contributed by atoms with Gasteiger partial charge in [0.25, 0.3) is 0 Å². The molecule has 154 valence electrons. The standard InChI is InChI=1S/C25H16FN5O/c26-17-8-15(9-18(32)11-17)19-2-1-3-22-20(19)12-23(29-22)24-21-10-16(13-28-25(21)31-30-24)14-4-6-27-7-5-14/h1-13,29,32H,(H,28,30,31). The number of phenolic OH excluding ortho intramolecular Hbond substituents is 1. The molecule has 0 unspecified atom stereocenters. The molecule has 6 rings (SSSR count). The lowest BCUT2D eigenvalue weighted by Crippen LogP contribution is -1.83. The second-order valence-electron chi connectivity index (χ2n) is 7.58. The predicted molar refractivity (Wildman–Crippen MR) is 121 cm³/mol. The summed E-state index contributed by atoms with van der Waals surface area (Å²) in [5.41, 5.74) is 6.57. The maximum Gasteiger partial charge on any atom is 0.181 e. The van der Waals surface area contributed by atoms with Gasteiger partial charge in [-0.1, -0.05) is 12.1 Å². The Morgan fingerprint density at radius 1 is 0.844 bits per heavy atom. The molecule has 0 aliphatic rings. The summed E-state index contributed by atoms with van der Waals surface area (Å²) in [7, 11) is 0. The zero-order valence-corrected chi connectivity index (χ0v) is 16.7. The van der Waals surface area contributed by atoms with Crippen LogP contribution in [-0.2, 0) is 0 Å². The van der Waals surface area contributed by atoms with Crippen LogP contribution in [0.15, 0.2) is 79.3 Å². The molecule has 6 nitrogen and oxygen atoms in total. The fourth-order valence-electron chi connectivity index (χ4n) is 4.08. The van der Waals surface area contributed by atoms with Crippen LogP contribution in [0.5, 0.6) is 5.75 Å². The van der Waals surface area contributed by atoms with E-state index in [1.165, 1.54) is 6.07 Å². The second-order valence-corrected chi connectivity index (χ2v) is 7.58. The number of rotatable bonds is 3. The minimum absolute atomic E-state index is 0.109. The molecule has 7 heteroatoms. The molecule has 0 saturated carbocycles. The van der Waals surface area contributed by atoms with Crippen LogP contribution in [0.1, 0.15) is 0 Å². The van der Waals surface area contributed by atoms with E-state index in [0.29, 0.717) is 11.2 Å². The van der Waals surface area contributed by atoms with Gasteiger partial charge in [-0.3, -0.25) is 10.1 Å². The van der Waals surface area contributed by atoms with Crippen molar-refractivity contribution in [3.63, 3.8) is 0 Å². The maximum atomic E-state index is 13.9. The lowest BCUT2D eigenvalue weighted by Gasteiger charge is -2.05. The highest BCUT2D eigenvalue weighted by atomic mass is 19.1. The number of aromatic nitrogens is 5. The van der Waals surface area contributed by atoms with E-state index < -0.39 is 5.82 Å². The molecule has 6 aromatic rings. The zero-order chi connectivity index (χ0) is 21.7. The molecule has 0 bridgehead atoms. The molecule has 0 spiro atoms.